The number of aromatic nitrogens is 1. The number of halogens is 1. The minimum absolute atomic E-state index is 0.120. The van der Waals surface area contributed by atoms with Gasteiger partial charge in [0.2, 0.25) is 5.91 Å². The SMILES string of the molecule is Cc1ccc(CC(=O)N/N=C/c2cc(C)n(-c3ccc(Br)cc3)c2C)c(C)c1. The third-order valence-corrected chi connectivity index (χ3v) is 5.33. The molecule has 1 aromatic heterocycles. The highest BCUT2D eigenvalue weighted by Gasteiger charge is 2.10. The van der Waals surface area contributed by atoms with Crippen molar-refractivity contribution in [2.24, 2.45) is 5.10 Å². The van der Waals surface area contributed by atoms with Gasteiger partial charge in [-0.3, -0.25) is 4.79 Å². The van der Waals surface area contributed by atoms with E-state index in [1.165, 1.54) is 5.56 Å². The van der Waals surface area contributed by atoms with Crippen molar-refractivity contribution >= 4 is 28.1 Å². The summed E-state index contributed by atoms with van der Waals surface area (Å²) in [7, 11) is 0. The lowest BCUT2D eigenvalue weighted by Crippen LogP contribution is -2.20. The highest BCUT2D eigenvalue weighted by molar-refractivity contribution is 9.10. The van der Waals surface area contributed by atoms with Crippen molar-refractivity contribution in [2.45, 2.75) is 34.1 Å². The predicted molar refractivity (Wildman–Crippen MR) is 118 cm³/mol. The van der Waals surface area contributed by atoms with Gasteiger partial charge < -0.3 is 4.57 Å². The second kappa shape index (κ2) is 8.57. The molecule has 0 bridgehead atoms. The van der Waals surface area contributed by atoms with Crippen LogP contribution in [0.5, 0.6) is 0 Å². The van der Waals surface area contributed by atoms with Crippen molar-refractivity contribution in [3.63, 3.8) is 0 Å². The Bertz CT molecular complexity index is 1030. The van der Waals surface area contributed by atoms with E-state index in [2.05, 4.69) is 62.2 Å². The number of rotatable bonds is 5. The van der Waals surface area contributed by atoms with E-state index in [9.17, 15) is 4.79 Å². The van der Waals surface area contributed by atoms with E-state index in [1.54, 1.807) is 6.21 Å². The Balaban J connectivity index is 1.70. The number of hydrazone groups is 1. The van der Waals surface area contributed by atoms with Gasteiger partial charge in [-0.2, -0.15) is 5.10 Å². The van der Waals surface area contributed by atoms with Crippen molar-refractivity contribution in [3.8, 4) is 5.69 Å². The molecule has 0 spiro atoms. The average Bonchev–Trinajstić information content (AvgIpc) is 2.92. The maximum absolute atomic E-state index is 12.2. The first-order valence-electron chi connectivity index (χ1n) is 9.18. The molecule has 144 valence electrons. The van der Waals surface area contributed by atoms with Crippen molar-refractivity contribution in [1.29, 1.82) is 0 Å². The molecule has 0 radical (unpaired) electrons. The van der Waals surface area contributed by atoms with Crippen LogP contribution in [0.4, 0.5) is 0 Å². The molecular formula is C23H24BrN3O. The van der Waals surface area contributed by atoms with Crippen molar-refractivity contribution < 1.29 is 4.79 Å². The Labute approximate surface area is 174 Å². The zero-order valence-corrected chi connectivity index (χ0v) is 18.2. The van der Waals surface area contributed by atoms with Gasteiger partial charge in [0.1, 0.15) is 0 Å². The summed E-state index contributed by atoms with van der Waals surface area (Å²) >= 11 is 3.47. The first-order chi connectivity index (χ1) is 13.3. The molecule has 0 atom stereocenters. The quantitative estimate of drug-likeness (QED) is 0.434. The number of amides is 1. The maximum Gasteiger partial charge on any atom is 0.244 e. The number of carbonyl (C=O) groups excluding carboxylic acids is 1. The molecule has 0 aliphatic rings. The van der Waals surface area contributed by atoms with E-state index in [0.717, 1.165) is 38.2 Å². The first-order valence-corrected chi connectivity index (χ1v) is 9.97. The third-order valence-electron chi connectivity index (χ3n) is 4.80. The van der Waals surface area contributed by atoms with Crippen LogP contribution in [0, 0.1) is 27.7 Å². The van der Waals surface area contributed by atoms with Crippen LogP contribution in [-0.4, -0.2) is 16.7 Å². The number of nitrogens with zero attached hydrogens (tertiary/aromatic N) is 2. The number of hydrogen-bond donors (Lipinski definition) is 1. The molecule has 5 heteroatoms. The molecule has 0 saturated heterocycles. The number of carbonyl (C=O) groups is 1. The Hall–Kier alpha value is -2.66. The smallest absolute Gasteiger partial charge is 0.244 e. The van der Waals surface area contributed by atoms with E-state index < -0.39 is 0 Å². The zero-order valence-electron chi connectivity index (χ0n) is 16.6. The second-order valence-corrected chi connectivity index (χ2v) is 7.95. The van der Waals surface area contributed by atoms with Gasteiger partial charge in [0.15, 0.2) is 0 Å². The Morgan fingerprint density at radius 1 is 1.07 bits per heavy atom. The molecule has 3 rings (SSSR count). The van der Waals surface area contributed by atoms with Gasteiger partial charge in [-0.1, -0.05) is 39.7 Å². The van der Waals surface area contributed by atoms with Gasteiger partial charge in [0, 0.05) is 27.1 Å². The monoisotopic (exact) mass is 437 g/mol. The average molecular weight is 438 g/mol. The van der Waals surface area contributed by atoms with Crippen LogP contribution in [0.1, 0.15) is 33.6 Å². The molecule has 1 heterocycles. The number of benzene rings is 2. The van der Waals surface area contributed by atoms with Crippen LogP contribution in [0.3, 0.4) is 0 Å². The summed E-state index contributed by atoms with van der Waals surface area (Å²) in [4.78, 5) is 12.2. The van der Waals surface area contributed by atoms with Crippen LogP contribution < -0.4 is 5.43 Å². The summed E-state index contributed by atoms with van der Waals surface area (Å²) < 4.78 is 3.22. The maximum atomic E-state index is 12.2. The van der Waals surface area contributed by atoms with Crippen LogP contribution in [0.25, 0.3) is 5.69 Å². The van der Waals surface area contributed by atoms with Crippen LogP contribution in [0.15, 0.2) is 58.1 Å². The Morgan fingerprint density at radius 2 is 1.79 bits per heavy atom. The normalized spacial score (nSPS) is 11.2. The van der Waals surface area contributed by atoms with Gasteiger partial charge in [-0.15, -0.1) is 0 Å². The third kappa shape index (κ3) is 4.60. The largest absolute Gasteiger partial charge is 0.318 e. The minimum Gasteiger partial charge on any atom is -0.318 e. The first kappa shape index (κ1) is 20.1. The van der Waals surface area contributed by atoms with Gasteiger partial charge in [0.25, 0.3) is 0 Å². The Kier molecular flexibility index (Phi) is 6.15. The lowest BCUT2D eigenvalue weighted by Gasteiger charge is -2.09. The number of hydrogen-bond acceptors (Lipinski definition) is 2. The van der Waals surface area contributed by atoms with E-state index >= 15 is 0 Å². The number of aryl methyl sites for hydroxylation is 3. The van der Waals surface area contributed by atoms with E-state index in [4.69, 9.17) is 0 Å². The van der Waals surface area contributed by atoms with Gasteiger partial charge in [-0.25, -0.2) is 5.43 Å². The molecule has 2 aromatic carbocycles. The van der Waals surface area contributed by atoms with E-state index in [1.807, 2.05) is 45.0 Å². The summed E-state index contributed by atoms with van der Waals surface area (Å²) in [6.07, 6.45) is 2.03. The lowest BCUT2D eigenvalue weighted by atomic mass is 10.0. The fourth-order valence-electron chi connectivity index (χ4n) is 3.34. The minimum atomic E-state index is -0.120. The molecule has 28 heavy (non-hydrogen) atoms. The van der Waals surface area contributed by atoms with Gasteiger partial charge in [0.05, 0.1) is 12.6 Å². The standard InChI is InChI=1S/C23H24BrN3O/c1-15-5-6-19(16(2)11-15)13-23(28)26-25-14-20-12-17(3)27(18(20)4)22-9-7-21(24)8-10-22/h5-12,14H,13H2,1-4H3,(H,26,28)/b25-14+. The molecule has 4 nitrogen and oxygen atoms in total. The van der Waals surface area contributed by atoms with Crippen molar-refractivity contribution in [2.75, 3.05) is 0 Å². The predicted octanol–water partition coefficient (Wildman–Crippen LogP) is 5.17. The summed E-state index contributed by atoms with van der Waals surface area (Å²) in [5.74, 6) is -0.120. The highest BCUT2D eigenvalue weighted by atomic mass is 79.9. The van der Waals surface area contributed by atoms with Crippen LogP contribution >= 0.6 is 15.9 Å². The molecule has 0 aliphatic carbocycles. The molecule has 3 aromatic rings. The Morgan fingerprint density at radius 3 is 2.46 bits per heavy atom. The molecule has 0 unspecified atom stereocenters. The topological polar surface area (TPSA) is 46.4 Å². The molecular weight excluding hydrogens is 414 g/mol. The zero-order chi connectivity index (χ0) is 20.3. The summed E-state index contributed by atoms with van der Waals surface area (Å²) in [5.41, 5.74) is 10.2. The van der Waals surface area contributed by atoms with Crippen LogP contribution in [0.2, 0.25) is 0 Å². The number of nitrogens with one attached hydrogen (secondary N) is 1. The molecule has 1 amide bonds. The molecule has 1 N–H and O–H groups in total. The van der Waals surface area contributed by atoms with Crippen molar-refractivity contribution in [1.82, 2.24) is 9.99 Å². The van der Waals surface area contributed by atoms with Crippen LogP contribution in [-0.2, 0) is 11.2 Å². The summed E-state index contributed by atoms with van der Waals surface area (Å²) in [6, 6.07) is 16.4. The summed E-state index contributed by atoms with van der Waals surface area (Å²) in [6.45, 7) is 8.18. The molecule has 0 aliphatic heterocycles. The van der Waals surface area contributed by atoms with E-state index in [-0.39, 0.29) is 5.91 Å². The highest BCUT2D eigenvalue weighted by Crippen LogP contribution is 2.21. The molecule has 0 saturated carbocycles. The van der Waals surface area contributed by atoms with Gasteiger partial charge in [-0.05, 0) is 69.2 Å². The lowest BCUT2D eigenvalue weighted by molar-refractivity contribution is -0.120. The van der Waals surface area contributed by atoms with Gasteiger partial charge >= 0.3 is 0 Å². The summed E-state index contributed by atoms with van der Waals surface area (Å²) in [5, 5.41) is 4.16. The fraction of sp³-hybridized carbons (Fsp3) is 0.217. The second-order valence-electron chi connectivity index (χ2n) is 7.04. The van der Waals surface area contributed by atoms with E-state index in [0.29, 0.717) is 6.42 Å². The van der Waals surface area contributed by atoms with Crippen molar-refractivity contribution in [3.05, 3.63) is 86.6 Å². The fourth-order valence-corrected chi connectivity index (χ4v) is 3.60. The molecule has 0 fully saturated rings.